The lowest BCUT2D eigenvalue weighted by Gasteiger charge is -2.34. The lowest BCUT2D eigenvalue weighted by atomic mass is 9.81. The number of hydrogen-bond acceptors (Lipinski definition) is 2. The SMILES string of the molecule is CCCCC(C(=O)O)C1CCN(Cc2ccc(Cl)cc2Cl)CC1. The monoisotopic (exact) mass is 357 g/mol. The highest BCUT2D eigenvalue weighted by atomic mass is 35.5. The van der Waals surface area contributed by atoms with E-state index in [0.29, 0.717) is 16.0 Å². The molecule has 1 atom stereocenters. The summed E-state index contributed by atoms with van der Waals surface area (Å²) < 4.78 is 0. The van der Waals surface area contributed by atoms with Crippen LogP contribution in [0.4, 0.5) is 0 Å². The maximum absolute atomic E-state index is 11.5. The van der Waals surface area contributed by atoms with E-state index in [1.165, 1.54) is 0 Å². The molecular weight excluding hydrogens is 333 g/mol. The fourth-order valence-electron chi connectivity index (χ4n) is 3.39. The zero-order valence-corrected chi connectivity index (χ0v) is 15.1. The van der Waals surface area contributed by atoms with E-state index in [0.717, 1.165) is 57.3 Å². The van der Waals surface area contributed by atoms with Crippen molar-refractivity contribution in [2.45, 2.75) is 45.6 Å². The minimum Gasteiger partial charge on any atom is -0.481 e. The molecule has 0 aliphatic carbocycles. The van der Waals surface area contributed by atoms with Crippen LogP contribution >= 0.6 is 23.2 Å². The second-order valence-corrected chi connectivity index (χ2v) is 7.28. The summed E-state index contributed by atoms with van der Waals surface area (Å²) in [6.07, 6.45) is 4.76. The van der Waals surface area contributed by atoms with E-state index in [2.05, 4.69) is 11.8 Å². The van der Waals surface area contributed by atoms with Gasteiger partial charge in [-0.2, -0.15) is 0 Å². The number of carboxylic acids is 1. The van der Waals surface area contributed by atoms with Gasteiger partial charge in [0.25, 0.3) is 0 Å². The smallest absolute Gasteiger partial charge is 0.306 e. The molecule has 1 aromatic carbocycles. The molecule has 1 heterocycles. The molecule has 1 saturated heterocycles. The largest absolute Gasteiger partial charge is 0.481 e. The number of benzene rings is 1. The van der Waals surface area contributed by atoms with E-state index in [4.69, 9.17) is 23.2 Å². The molecule has 5 heteroatoms. The number of nitrogens with zero attached hydrogens (tertiary/aromatic N) is 1. The van der Waals surface area contributed by atoms with Crippen LogP contribution in [0.1, 0.15) is 44.6 Å². The first-order valence-electron chi connectivity index (χ1n) is 8.40. The van der Waals surface area contributed by atoms with Gasteiger partial charge in [0.05, 0.1) is 5.92 Å². The Labute approximate surface area is 148 Å². The van der Waals surface area contributed by atoms with Crippen LogP contribution in [0.15, 0.2) is 18.2 Å². The second kappa shape index (κ2) is 8.91. The Morgan fingerprint density at radius 2 is 2.04 bits per heavy atom. The van der Waals surface area contributed by atoms with Crippen molar-refractivity contribution in [3.63, 3.8) is 0 Å². The molecule has 0 bridgehead atoms. The van der Waals surface area contributed by atoms with Crippen LogP contribution in [-0.2, 0) is 11.3 Å². The average Bonchev–Trinajstić information content (AvgIpc) is 2.51. The zero-order chi connectivity index (χ0) is 16.8. The molecule has 0 radical (unpaired) electrons. The first-order chi connectivity index (χ1) is 11.0. The van der Waals surface area contributed by atoms with Crippen molar-refractivity contribution in [3.05, 3.63) is 33.8 Å². The summed E-state index contributed by atoms with van der Waals surface area (Å²) >= 11 is 12.2. The molecule has 1 unspecified atom stereocenters. The van der Waals surface area contributed by atoms with E-state index in [1.807, 2.05) is 12.1 Å². The predicted octanol–water partition coefficient (Wildman–Crippen LogP) is 5.10. The summed E-state index contributed by atoms with van der Waals surface area (Å²) in [7, 11) is 0. The molecule has 0 spiro atoms. The molecule has 1 aliphatic rings. The van der Waals surface area contributed by atoms with Gasteiger partial charge in [0.1, 0.15) is 0 Å². The molecule has 0 amide bonds. The van der Waals surface area contributed by atoms with E-state index >= 15 is 0 Å². The Morgan fingerprint density at radius 3 is 2.61 bits per heavy atom. The molecule has 1 N–H and O–H groups in total. The number of piperidine rings is 1. The molecule has 1 fully saturated rings. The zero-order valence-electron chi connectivity index (χ0n) is 13.6. The molecule has 2 rings (SSSR count). The lowest BCUT2D eigenvalue weighted by Crippen LogP contribution is -2.37. The predicted molar refractivity (Wildman–Crippen MR) is 95.1 cm³/mol. The summed E-state index contributed by atoms with van der Waals surface area (Å²) in [5.41, 5.74) is 1.08. The third-order valence-electron chi connectivity index (χ3n) is 4.80. The van der Waals surface area contributed by atoms with Gasteiger partial charge in [-0.15, -0.1) is 0 Å². The van der Waals surface area contributed by atoms with Crippen LogP contribution in [0, 0.1) is 11.8 Å². The highest BCUT2D eigenvalue weighted by Crippen LogP contribution is 2.30. The number of carbonyl (C=O) groups is 1. The third kappa shape index (κ3) is 5.37. The highest BCUT2D eigenvalue weighted by Gasteiger charge is 2.30. The number of unbranched alkanes of at least 4 members (excludes halogenated alkanes) is 1. The highest BCUT2D eigenvalue weighted by molar-refractivity contribution is 6.35. The van der Waals surface area contributed by atoms with Crippen LogP contribution in [-0.4, -0.2) is 29.1 Å². The Morgan fingerprint density at radius 1 is 1.35 bits per heavy atom. The van der Waals surface area contributed by atoms with E-state index in [9.17, 15) is 9.90 Å². The minimum absolute atomic E-state index is 0.184. The Balaban J connectivity index is 1.88. The minimum atomic E-state index is -0.627. The van der Waals surface area contributed by atoms with Gasteiger partial charge >= 0.3 is 5.97 Å². The standard InChI is InChI=1S/C18H25Cl2NO2/c1-2-3-4-16(18(22)23)13-7-9-21(10-8-13)12-14-5-6-15(19)11-17(14)20/h5-6,11,13,16H,2-4,7-10,12H2,1H3,(H,22,23). The number of halogens is 2. The van der Waals surface area contributed by atoms with E-state index in [-0.39, 0.29) is 5.92 Å². The van der Waals surface area contributed by atoms with Crippen molar-refractivity contribution in [2.75, 3.05) is 13.1 Å². The molecule has 0 aromatic heterocycles. The van der Waals surface area contributed by atoms with Gasteiger partial charge in [0.15, 0.2) is 0 Å². The van der Waals surface area contributed by atoms with Gasteiger partial charge in [0.2, 0.25) is 0 Å². The number of likely N-dealkylation sites (tertiary alicyclic amines) is 1. The molecule has 1 aromatic rings. The maximum Gasteiger partial charge on any atom is 0.306 e. The Hall–Kier alpha value is -0.770. The van der Waals surface area contributed by atoms with Crippen LogP contribution < -0.4 is 0 Å². The molecule has 3 nitrogen and oxygen atoms in total. The quantitative estimate of drug-likeness (QED) is 0.738. The van der Waals surface area contributed by atoms with E-state index < -0.39 is 5.97 Å². The topological polar surface area (TPSA) is 40.5 Å². The van der Waals surface area contributed by atoms with Gasteiger partial charge in [-0.1, -0.05) is 49.0 Å². The van der Waals surface area contributed by atoms with Crippen LogP contribution in [0.2, 0.25) is 10.0 Å². The van der Waals surface area contributed by atoms with Crippen molar-refractivity contribution in [2.24, 2.45) is 11.8 Å². The Bertz CT molecular complexity index is 528. The molecular formula is C18H25Cl2NO2. The molecule has 1 aliphatic heterocycles. The number of carboxylic acid groups (broad SMARTS) is 1. The fourth-order valence-corrected chi connectivity index (χ4v) is 3.86. The van der Waals surface area contributed by atoms with Crippen molar-refractivity contribution >= 4 is 29.2 Å². The van der Waals surface area contributed by atoms with Crippen LogP contribution in [0.5, 0.6) is 0 Å². The number of hydrogen-bond donors (Lipinski definition) is 1. The van der Waals surface area contributed by atoms with Gasteiger partial charge in [-0.25, -0.2) is 0 Å². The summed E-state index contributed by atoms with van der Waals surface area (Å²) in [6, 6.07) is 5.61. The van der Waals surface area contributed by atoms with Crippen LogP contribution in [0.3, 0.4) is 0 Å². The first-order valence-corrected chi connectivity index (χ1v) is 9.16. The number of rotatable bonds is 7. The molecule has 128 valence electrons. The third-order valence-corrected chi connectivity index (χ3v) is 5.38. The molecule has 23 heavy (non-hydrogen) atoms. The van der Waals surface area contributed by atoms with Crippen molar-refractivity contribution < 1.29 is 9.90 Å². The van der Waals surface area contributed by atoms with Gasteiger partial charge in [0, 0.05) is 16.6 Å². The van der Waals surface area contributed by atoms with Gasteiger partial charge in [-0.05, 0) is 56.0 Å². The fraction of sp³-hybridized carbons (Fsp3) is 0.611. The van der Waals surface area contributed by atoms with Gasteiger partial charge < -0.3 is 5.11 Å². The van der Waals surface area contributed by atoms with Crippen LogP contribution in [0.25, 0.3) is 0 Å². The van der Waals surface area contributed by atoms with Crippen molar-refractivity contribution in [1.82, 2.24) is 4.90 Å². The van der Waals surface area contributed by atoms with E-state index in [1.54, 1.807) is 6.07 Å². The van der Waals surface area contributed by atoms with Crippen molar-refractivity contribution in [3.8, 4) is 0 Å². The normalized spacial score (nSPS) is 18.0. The second-order valence-electron chi connectivity index (χ2n) is 6.44. The Kier molecular flexibility index (Phi) is 7.19. The van der Waals surface area contributed by atoms with Crippen molar-refractivity contribution in [1.29, 1.82) is 0 Å². The summed E-state index contributed by atoms with van der Waals surface area (Å²) in [5.74, 6) is -0.509. The lowest BCUT2D eigenvalue weighted by molar-refractivity contribution is -0.144. The average molecular weight is 358 g/mol. The number of aliphatic carboxylic acids is 1. The summed E-state index contributed by atoms with van der Waals surface area (Å²) in [4.78, 5) is 13.9. The van der Waals surface area contributed by atoms with Gasteiger partial charge in [-0.3, -0.25) is 9.69 Å². The summed E-state index contributed by atoms with van der Waals surface area (Å²) in [6.45, 7) is 4.77. The molecule has 0 saturated carbocycles. The first kappa shape index (κ1) is 18.6. The maximum atomic E-state index is 11.5. The summed E-state index contributed by atoms with van der Waals surface area (Å²) in [5, 5.41) is 10.8.